The SMILES string of the molecule is C\C=C(NCc1ccc2nccnc2c1)/C(=C(F)\C=C(/C)CC)N1CCC(NC(=O)OC(C)(C)C)C1. The Kier molecular flexibility index (Phi) is 9.07. The van der Waals surface area contributed by atoms with E-state index in [0.29, 0.717) is 37.4 Å². The van der Waals surface area contributed by atoms with Gasteiger partial charge in [0.05, 0.1) is 28.5 Å². The zero-order valence-corrected chi connectivity index (χ0v) is 22.2. The summed E-state index contributed by atoms with van der Waals surface area (Å²) in [6, 6.07) is 5.79. The van der Waals surface area contributed by atoms with E-state index in [0.717, 1.165) is 28.6 Å². The summed E-state index contributed by atoms with van der Waals surface area (Å²) in [6.07, 6.45) is 7.84. The molecule has 1 amide bonds. The van der Waals surface area contributed by atoms with Gasteiger partial charge in [0.2, 0.25) is 0 Å². The molecule has 0 saturated carbocycles. The van der Waals surface area contributed by atoms with Crippen LogP contribution >= 0.6 is 0 Å². The van der Waals surface area contributed by atoms with Gasteiger partial charge >= 0.3 is 6.09 Å². The molecule has 194 valence electrons. The molecule has 1 saturated heterocycles. The smallest absolute Gasteiger partial charge is 0.407 e. The van der Waals surface area contributed by atoms with Crippen LogP contribution in [-0.4, -0.2) is 45.7 Å². The number of nitrogens with one attached hydrogen (secondary N) is 2. The van der Waals surface area contributed by atoms with E-state index in [-0.39, 0.29) is 11.9 Å². The van der Waals surface area contributed by atoms with Crippen molar-refractivity contribution in [2.24, 2.45) is 0 Å². The molecule has 1 aromatic carbocycles. The number of halogens is 1. The lowest BCUT2D eigenvalue weighted by molar-refractivity contribution is 0.0506. The molecule has 8 heteroatoms. The molecule has 1 aliphatic rings. The molecule has 2 heterocycles. The van der Waals surface area contributed by atoms with E-state index in [1.807, 2.05) is 70.7 Å². The fraction of sp³-hybridized carbons (Fsp3) is 0.464. The summed E-state index contributed by atoms with van der Waals surface area (Å²) in [6.45, 7) is 12.9. The van der Waals surface area contributed by atoms with Crippen molar-refractivity contribution in [3.8, 4) is 0 Å². The van der Waals surface area contributed by atoms with Gasteiger partial charge < -0.3 is 20.3 Å². The van der Waals surface area contributed by atoms with E-state index in [2.05, 4.69) is 20.6 Å². The number of ether oxygens (including phenoxy) is 1. The first-order valence-electron chi connectivity index (χ1n) is 12.5. The number of benzene rings is 1. The molecule has 1 aromatic heterocycles. The van der Waals surface area contributed by atoms with E-state index in [1.165, 1.54) is 0 Å². The molecule has 7 nitrogen and oxygen atoms in total. The summed E-state index contributed by atoms with van der Waals surface area (Å²) in [7, 11) is 0. The number of alkyl carbamates (subject to hydrolysis) is 1. The summed E-state index contributed by atoms with van der Waals surface area (Å²) >= 11 is 0. The highest BCUT2D eigenvalue weighted by atomic mass is 19.1. The molecule has 0 aliphatic carbocycles. The van der Waals surface area contributed by atoms with Crippen LogP contribution in [0.5, 0.6) is 0 Å². The topological polar surface area (TPSA) is 79.4 Å². The van der Waals surface area contributed by atoms with Crippen molar-refractivity contribution in [1.82, 2.24) is 25.5 Å². The summed E-state index contributed by atoms with van der Waals surface area (Å²) < 4.78 is 21.1. The zero-order valence-electron chi connectivity index (χ0n) is 22.2. The van der Waals surface area contributed by atoms with Crippen molar-refractivity contribution in [3.05, 3.63) is 71.1 Å². The van der Waals surface area contributed by atoms with Crippen molar-refractivity contribution in [2.75, 3.05) is 13.1 Å². The molecule has 36 heavy (non-hydrogen) atoms. The van der Waals surface area contributed by atoms with Crippen LogP contribution in [0.4, 0.5) is 9.18 Å². The van der Waals surface area contributed by atoms with Gasteiger partial charge in [-0.05, 0) is 71.2 Å². The molecule has 0 bridgehead atoms. The number of rotatable bonds is 8. The van der Waals surface area contributed by atoms with E-state index in [4.69, 9.17) is 4.74 Å². The zero-order chi connectivity index (χ0) is 26.3. The standard InChI is InChI=1S/C28H38FN5O2/c1-7-19(3)15-22(29)26(34-14-11-21(18-34)33-27(35)36-28(4,5)6)23(8-2)32-17-20-9-10-24-25(16-20)31-13-12-30-24/h8-10,12-13,15-16,21,32H,7,11,14,17-18H2,1-6H3,(H,33,35)/b19-15+,23-8+,26-22-. The maximum absolute atomic E-state index is 15.7. The predicted molar refractivity (Wildman–Crippen MR) is 142 cm³/mol. The molecule has 3 rings (SSSR count). The highest BCUT2D eigenvalue weighted by Gasteiger charge is 2.30. The van der Waals surface area contributed by atoms with Gasteiger partial charge in [-0.2, -0.15) is 0 Å². The van der Waals surface area contributed by atoms with Crippen molar-refractivity contribution >= 4 is 17.1 Å². The van der Waals surface area contributed by atoms with Gasteiger partial charge in [0.1, 0.15) is 11.4 Å². The average Bonchev–Trinajstić information content (AvgIpc) is 3.27. The number of aromatic nitrogens is 2. The third-order valence-electron chi connectivity index (χ3n) is 5.94. The number of likely N-dealkylation sites (tertiary alicyclic amines) is 1. The Morgan fingerprint density at radius 3 is 2.64 bits per heavy atom. The predicted octanol–water partition coefficient (Wildman–Crippen LogP) is 5.76. The Labute approximate surface area is 213 Å². The van der Waals surface area contributed by atoms with Gasteiger partial charge in [-0.15, -0.1) is 0 Å². The van der Waals surface area contributed by atoms with Crippen molar-refractivity contribution < 1.29 is 13.9 Å². The fourth-order valence-electron chi connectivity index (χ4n) is 4.03. The Morgan fingerprint density at radius 1 is 1.25 bits per heavy atom. The first-order valence-corrected chi connectivity index (χ1v) is 12.5. The van der Waals surface area contributed by atoms with Crippen LogP contribution in [0.1, 0.15) is 59.9 Å². The van der Waals surface area contributed by atoms with Gasteiger partial charge in [0.25, 0.3) is 0 Å². The van der Waals surface area contributed by atoms with Crippen LogP contribution in [0.3, 0.4) is 0 Å². The lowest BCUT2D eigenvalue weighted by Crippen LogP contribution is -2.40. The molecule has 1 aliphatic heterocycles. The Morgan fingerprint density at radius 2 is 1.97 bits per heavy atom. The van der Waals surface area contributed by atoms with E-state index >= 15 is 4.39 Å². The second kappa shape index (κ2) is 12.0. The number of hydrogen-bond acceptors (Lipinski definition) is 6. The maximum Gasteiger partial charge on any atom is 0.407 e. The minimum absolute atomic E-state index is 0.129. The summed E-state index contributed by atoms with van der Waals surface area (Å²) in [5.41, 5.74) is 4.25. The summed E-state index contributed by atoms with van der Waals surface area (Å²) in [5, 5.41) is 6.35. The Bertz CT molecular complexity index is 1170. The molecule has 1 atom stereocenters. The first-order chi connectivity index (χ1) is 17.1. The molecular weight excluding hydrogens is 457 g/mol. The van der Waals surface area contributed by atoms with Crippen molar-refractivity contribution in [3.63, 3.8) is 0 Å². The van der Waals surface area contributed by atoms with Crippen LogP contribution in [-0.2, 0) is 11.3 Å². The van der Waals surface area contributed by atoms with E-state index in [9.17, 15) is 4.79 Å². The summed E-state index contributed by atoms with van der Waals surface area (Å²) in [4.78, 5) is 23.0. The van der Waals surface area contributed by atoms with Gasteiger partial charge in [-0.25, -0.2) is 9.18 Å². The molecule has 2 N–H and O–H groups in total. The van der Waals surface area contributed by atoms with Gasteiger partial charge in [-0.1, -0.05) is 24.6 Å². The van der Waals surface area contributed by atoms with Gasteiger partial charge in [0, 0.05) is 32.0 Å². The molecular formula is C28H38FN5O2. The molecule has 1 unspecified atom stereocenters. The molecule has 1 fully saturated rings. The van der Waals surface area contributed by atoms with Gasteiger partial charge in [0.15, 0.2) is 0 Å². The minimum Gasteiger partial charge on any atom is -0.444 e. The Balaban J connectivity index is 1.79. The normalized spacial score (nSPS) is 17.8. The number of hydrogen-bond donors (Lipinski definition) is 2. The first kappa shape index (κ1) is 27.2. The molecule has 0 radical (unpaired) electrons. The lowest BCUT2D eigenvalue weighted by Gasteiger charge is -2.26. The number of carbonyl (C=O) groups excluding carboxylic acids is 1. The number of nitrogens with zero attached hydrogens (tertiary/aromatic N) is 3. The fourth-order valence-corrected chi connectivity index (χ4v) is 4.03. The maximum atomic E-state index is 15.7. The number of carbonyl (C=O) groups is 1. The molecule has 0 spiro atoms. The summed E-state index contributed by atoms with van der Waals surface area (Å²) in [5.74, 6) is -0.294. The van der Waals surface area contributed by atoms with E-state index in [1.54, 1.807) is 18.5 Å². The largest absolute Gasteiger partial charge is 0.444 e. The van der Waals surface area contributed by atoms with Crippen LogP contribution < -0.4 is 10.6 Å². The third kappa shape index (κ3) is 7.54. The second-order valence-electron chi connectivity index (χ2n) is 10.1. The Hall–Kier alpha value is -3.42. The van der Waals surface area contributed by atoms with E-state index < -0.39 is 11.7 Å². The van der Waals surface area contributed by atoms with Crippen molar-refractivity contribution in [1.29, 1.82) is 0 Å². The minimum atomic E-state index is -0.571. The average molecular weight is 496 g/mol. The van der Waals surface area contributed by atoms with Crippen LogP contribution in [0.15, 0.2) is 65.5 Å². The van der Waals surface area contributed by atoms with Crippen molar-refractivity contribution in [2.45, 2.75) is 72.6 Å². The second-order valence-corrected chi connectivity index (χ2v) is 10.1. The highest BCUT2D eigenvalue weighted by Crippen LogP contribution is 2.27. The lowest BCUT2D eigenvalue weighted by atomic mass is 10.1. The van der Waals surface area contributed by atoms with Crippen LogP contribution in [0, 0.1) is 0 Å². The molecule has 2 aromatic rings. The third-order valence-corrected chi connectivity index (χ3v) is 5.94. The van der Waals surface area contributed by atoms with Gasteiger partial charge in [-0.3, -0.25) is 9.97 Å². The number of fused-ring (bicyclic) bond motifs is 1. The highest BCUT2D eigenvalue weighted by molar-refractivity contribution is 5.74. The monoisotopic (exact) mass is 495 g/mol. The van der Waals surface area contributed by atoms with Crippen LogP contribution in [0.2, 0.25) is 0 Å². The number of amides is 1. The number of allylic oxidation sites excluding steroid dienone is 4. The van der Waals surface area contributed by atoms with Crippen LogP contribution in [0.25, 0.3) is 11.0 Å². The quantitative estimate of drug-likeness (QED) is 0.454.